The van der Waals surface area contributed by atoms with Gasteiger partial charge in [-0.25, -0.2) is 4.79 Å². The lowest BCUT2D eigenvalue weighted by molar-refractivity contribution is -0.157. The molecule has 8 nitrogen and oxygen atoms in total. The summed E-state index contributed by atoms with van der Waals surface area (Å²) in [5.74, 6) is -2.56. The van der Waals surface area contributed by atoms with Crippen molar-refractivity contribution in [3.8, 4) is 0 Å². The van der Waals surface area contributed by atoms with Gasteiger partial charge in [0, 0.05) is 42.3 Å². The number of Topliss-reactive ketones (excluding diaryl/α,β-unsaturated/α-hetero) is 1. The number of carboxylic acid groups (broad SMARTS) is 1. The summed E-state index contributed by atoms with van der Waals surface area (Å²) in [5, 5.41) is 8.95. The maximum Gasteiger partial charge on any atom is 0.333 e. The highest BCUT2D eigenvalue weighted by Gasteiger charge is 2.23. The molecule has 0 unspecified atom stereocenters. The van der Waals surface area contributed by atoms with Crippen LogP contribution in [-0.2, 0) is 19.2 Å². The van der Waals surface area contributed by atoms with Crippen LogP contribution >= 0.6 is 11.8 Å². The first kappa shape index (κ1) is 19.6. The largest absolute Gasteiger partial charge is 0.481 e. The second-order valence-electron chi connectivity index (χ2n) is 4.86. The lowest BCUT2D eigenvalue weighted by Crippen LogP contribution is -2.25. The molecule has 0 saturated heterocycles. The second kappa shape index (κ2) is 10.4. The average Bonchev–Trinajstić information content (AvgIpc) is 2.55. The predicted octanol–water partition coefficient (Wildman–Crippen LogP) is 1.07. The number of carbonyl (C=O) groups excluding carboxylic acids is 3. The Hall–Kier alpha value is -2.42. The minimum atomic E-state index is -1.07. The van der Waals surface area contributed by atoms with Crippen molar-refractivity contribution in [3.05, 3.63) is 30.1 Å². The summed E-state index contributed by atoms with van der Waals surface area (Å²) in [5.41, 5.74) is 2.28. The first-order valence-electron chi connectivity index (χ1n) is 7.10. The zero-order chi connectivity index (χ0) is 17.9. The van der Waals surface area contributed by atoms with Crippen LogP contribution in [0.2, 0.25) is 0 Å². The molecule has 1 amide bonds. The van der Waals surface area contributed by atoms with Gasteiger partial charge in [-0.05, 0) is 12.1 Å². The maximum atomic E-state index is 12.3. The molecule has 24 heavy (non-hydrogen) atoms. The lowest BCUT2D eigenvalue weighted by atomic mass is 9.97. The number of nitrogens with zero attached hydrogens (tertiary/aromatic N) is 1. The van der Waals surface area contributed by atoms with E-state index in [0.717, 1.165) is 0 Å². The molecule has 1 heterocycles. The fourth-order valence-electron chi connectivity index (χ4n) is 1.74. The monoisotopic (exact) mass is 354 g/mol. The van der Waals surface area contributed by atoms with Gasteiger partial charge < -0.3 is 9.94 Å². The van der Waals surface area contributed by atoms with Gasteiger partial charge in [0.2, 0.25) is 5.91 Å². The van der Waals surface area contributed by atoms with Crippen LogP contribution in [0.15, 0.2) is 24.5 Å². The number of ketones is 1. The van der Waals surface area contributed by atoms with Gasteiger partial charge in [-0.3, -0.25) is 19.4 Å². The maximum absolute atomic E-state index is 12.3. The Balaban J connectivity index is 2.46. The minimum Gasteiger partial charge on any atom is -0.481 e. The molecule has 0 saturated carbocycles. The lowest BCUT2D eigenvalue weighted by Gasteiger charge is -2.13. The number of hydrogen-bond donors (Lipinski definition) is 2. The molecule has 0 fully saturated rings. The third-order valence-corrected chi connectivity index (χ3v) is 3.95. The number of carbonyl (C=O) groups is 4. The quantitative estimate of drug-likeness (QED) is 0.383. The summed E-state index contributed by atoms with van der Waals surface area (Å²) >= 11 is 1.27. The van der Waals surface area contributed by atoms with Crippen molar-refractivity contribution in [3.63, 3.8) is 0 Å². The molecule has 0 spiro atoms. The number of thioether (sulfide) groups is 1. The molecule has 0 aliphatic carbocycles. The first-order valence-corrected chi connectivity index (χ1v) is 8.25. The normalized spacial score (nSPS) is 11.4. The van der Waals surface area contributed by atoms with Crippen LogP contribution < -0.4 is 5.48 Å². The highest BCUT2D eigenvalue weighted by molar-refractivity contribution is 7.99. The van der Waals surface area contributed by atoms with Gasteiger partial charge in [0.05, 0.1) is 12.8 Å². The van der Waals surface area contributed by atoms with E-state index >= 15 is 0 Å². The molecule has 1 aromatic heterocycles. The Kier molecular flexibility index (Phi) is 8.48. The van der Waals surface area contributed by atoms with Crippen LogP contribution in [0.1, 0.15) is 30.1 Å². The van der Waals surface area contributed by atoms with Crippen LogP contribution in [0.4, 0.5) is 0 Å². The summed E-state index contributed by atoms with van der Waals surface area (Å²) < 4.78 is 0. The van der Waals surface area contributed by atoms with Gasteiger partial charge in [-0.2, -0.15) is 17.2 Å². The molecule has 0 aliphatic rings. The molecular formula is C15H18N2O6S. The van der Waals surface area contributed by atoms with Gasteiger partial charge in [0.25, 0.3) is 0 Å². The number of nitrogens with one attached hydrogen (secondary N) is 1. The fraction of sp³-hybridized carbons (Fsp3) is 0.400. The van der Waals surface area contributed by atoms with Gasteiger partial charge in [0.15, 0.2) is 5.78 Å². The number of hydrogen-bond acceptors (Lipinski definition) is 7. The minimum absolute atomic E-state index is 0.0336. The van der Waals surface area contributed by atoms with Crippen LogP contribution in [0, 0.1) is 5.92 Å². The summed E-state index contributed by atoms with van der Waals surface area (Å²) in [6.07, 6.45) is 2.66. The van der Waals surface area contributed by atoms with Crippen molar-refractivity contribution in [1.29, 1.82) is 0 Å². The van der Waals surface area contributed by atoms with E-state index in [1.165, 1.54) is 31.1 Å². The van der Waals surface area contributed by atoms with Crippen LogP contribution in [-0.4, -0.2) is 45.2 Å². The SMILES string of the molecule is CC(=O)NOC(=O)CCSC[C@H](CC(=O)O)C(=O)c1cccnc1. The van der Waals surface area contributed by atoms with E-state index in [0.29, 0.717) is 11.3 Å². The Morgan fingerprint density at radius 1 is 1.38 bits per heavy atom. The summed E-state index contributed by atoms with van der Waals surface area (Å²) in [4.78, 5) is 53.5. The highest BCUT2D eigenvalue weighted by Crippen LogP contribution is 2.18. The molecule has 0 aliphatic heterocycles. The molecule has 0 aromatic carbocycles. The first-order chi connectivity index (χ1) is 11.4. The number of rotatable bonds is 9. The van der Waals surface area contributed by atoms with Gasteiger partial charge >= 0.3 is 11.9 Å². The molecule has 1 atom stereocenters. The summed E-state index contributed by atoms with van der Waals surface area (Å²) in [7, 11) is 0. The Bertz CT molecular complexity index is 593. The fourth-order valence-corrected chi connectivity index (χ4v) is 2.77. The Labute approximate surface area is 142 Å². The van der Waals surface area contributed by atoms with Crippen molar-refractivity contribution < 1.29 is 29.1 Å². The van der Waals surface area contributed by atoms with E-state index in [9.17, 15) is 19.2 Å². The van der Waals surface area contributed by atoms with Crippen molar-refractivity contribution in [2.45, 2.75) is 19.8 Å². The van der Waals surface area contributed by atoms with E-state index < -0.39 is 23.8 Å². The molecule has 0 bridgehead atoms. The molecule has 130 valence electrons. The van der Waals surface area contributed by atoms with Crippen molar-refractivity contribution in [1.82, 2.24) is 10.5 Å². The third-order valence-electron chi connectivity index (χ3n) is 2.82. The summed E-state index contributed by atoms with van der Waals surface area (Å²) in [6.45, 7) is 1.21. The van der Waals surface area contributed by atoms with Crippen molar-refractivity contribution >= 4 is 35.4 Å². The smallest absolute Gasteiger partial charge is 0.333 e. The number of carboxylic acids is 1. The molecule has 1 rings (SSSR count). The molecular weight excluding hydrogens is 336 g/mol. The molecule has 1 aromatic rings. The number of aliphatic carboxylic acids is 1. The number of amides is 1. The predicted molar refractivity (Wildman–Crippen MR) is 86.2 cm³/mol. The molecule has 9 heteroatoms. The third kappa shape index (κ3) is 7.73. The van der Waals surface area contributed by atoms with Gasteiger partial charge in [-0.15, -0.1) is 0 Å². The van der Waals surface area contributed by atoms with Gasteiger partial charge in [0.1, 0.15) is 0 Å². The Morgan fingerprint density at radius 2 is 2.12 bits per heavy atom. The van der Waals surface area contributed by atoms with Crippen molar-refractivity contribution in [2.24, 2.45) is 5.92 Å². The van der Waals surface area contributed by atoms with E-state index in [1.54, 1.807) is 12.1 Å². The van der Waals surface area contributed by atoms with E-state index in [1.807, 2.05) is 5.48 Å². The highest BCUT2D eigenvalue weighted by atomic mass is 32.2. The van der Waals surface area contributed by atoms with Crippen molar-refractivity contribution in [2.75, 3.05) is 11.5 Å². The Morgan fingerprint density at radius 3 is 2.71 bits per heavy atom. The summed E-state index contributed by atoms with van der Waals surface area (Å²) in [6, 6.07) is 3.19. The van der Waals surface area contributed by atoms with E-state index in [4.69, 9.17) is 5.11 Å². The average molecular weight is 354 g/mol. The zero-order valence-electron chi connectivity index (χ0n) is 13.1. The zero-order valence-corrected chi connectivity index (χ0v) is 13.9. The number of hydroxylamine groups is 1. The number of pyridine rings is 1. The van der Waals surface area contributed by atoms with Crippen LogP contribution in [0.5, 0.6) is 0 Å². The topological polar surface area (TPSA) is 123 Å². The van der Waals surface area contributed by atoms with Gasteiger partial charge in [-0.1, -0.05) is 0 Å². The second-order valence-corrected chi connectivity index (χ2v) is 6.01. The van der Waals surface area contributed by atoms with E-state index in [2.05, 4.69) is 9.82 Å². The van der Waals surface area contributed by atoms with Crippen LogP contribution in [0.3, 0.4) is 0 Å². The van der Waals surface area contributed by atoms with Crippen LogP contribution in [0.25, 0.3) is 0 Å². The van der Waals surface area contributed by atoms with E-state index in [-0.39, 0.29) is 24.4 Å². The number of aromatic nitrogens is 1. The molecule has 0 radical (unpaired) electrons. The standard InChI is InChI=1S/C15H18N2O6S/c1-10(18)17-23-14(21)4-6-24-9-12(7-13(19)20)15(22)11-3-2-5-16-8-11/h2-3,5,8,12H,4,6-7,9H2,1H3,(H,17,18)(H,19,20)/t12-/m0/s1. The molecule has 2 N–H and O–H groups in total.